The molecule has 0 aromatic heterocycles. The van der Waals surface area contributed by atoms with Crippen molar-refractivity contribution in [3.63, 3.8) is 0 Å². The van der Waals surface area contributed by atoms with Gasteiger partial charge in [-0.2, -0.15) is 0 Å². The van der Waals surface area contributed by atoms with E-state index < -0.39 is 11.6 Å². The molecule has 6 nitrogen and oxygen atoms in total. The van der Waals surface area contributed by atoms with Crippen LogP contribution in [-0.2, 0) is 9.59 Å². The highest BCUT2D eigenvalue weighted by molar-refractivity contribution is 6.08. The van der Waals surface area contributed by atoms with Crippen LogP contribution in [0.4, 0.5) is 5.69 Å². The van der Waals surface area contributed by atoms with Gasteiger partial charge >= 0.3 is 0 Å². The summed E-state index contributed by atoms with van der Waals surface area (Å²) in [6.07, 6.45) is 2.20. The topological polar surface area (TPSA) is 67.9 Å². The summed E-state index contributed by atoms with van der Waals surface area (Å²) in [5, 5.41) is 2.89. The molecule has 1 saturated heterocycles. The van der Waals surface area contributed by atoms with Crippen LogP contribution in [0.2, 0.25) is 0 Å². The van der Waals surface area contributed by atoms with E-state index in [4.69, 9.17) is 9.47 Å². The van der Waals surface area contributed by atoms with Crippen molar-refractivity contribution in [2.24, 2.45) is 5.92 Å². The van der Waals surface area contributed by atoms with Crippen molar-refractivity contribution in [3.05, 3.63) is 66.7 Å². The highest BCUT2D eigenvalue weighted by atomic mass is 16.5. The van der Waals surface area contributed by atoms with Crippen molar-refractivity contribution in [1.29, 1.82) is 0 Å². The molecule has 4 rings (SSSR count). The summed E-state index contributed by atoms with van der Waals surface area (Å²) in [5.74, 6) is -0.243. The fraction of sp³-hybridized carbons (Fsp3) is 0.304. The van der Waals surface area contributed by atoms with Gasteiger partial charge in [0.15, 0.2) is 5.72 Å². The first kappa shape index (κ1) is 19.1. The second kappa shape index (κ2) is 7.28. The molecule has 0 saturated carbocycles. The van der Waals surface area contributed by atoms with Crippen LogP contribution in [0.25, 0.3) is 0 Å². The first-order chi connectivity index (χ1) is 14.0. The summed E-state index contributed by atoms with van der Waals surface area (Å²) >= 11 is 0. The molecule has 2 aromatic rings. The van der Waals surface area contributed by atoms with Crippen LogP contribution < -0.4 is 14.8 Å². The van der Waals surface area contributed by atoms with Gasteiger partial charge in [-0.25, -0.2) is 0 Å². The van der Waals surface area contributed by atoms with Crippen LogP contribution in [0.1, 0.15) is 24.8 Å². The molecule has 150 valence electrons. The number of hydrogen-bond donors (Lipinski definition) is 1. The average Bonchev–Trinajstić information content (AvgIpc) is 2.71. The number of benzene rings is 2. The summed E-state index contributed by atoms with van der Waals surface area (Å²) < 4.78 is 11.4. The summed E-state index contributed by atoms with van der Waals surface area (Å²) in [6.45, 7) is 5.98. The lowest BCUT2D eigenvalue weighted by atomic mass is 9.73. The first-order valence-electron chi connectivity index (χ1n) is 9.62. The molecule has 2 aliphatic heterocycles. The number of amides is 2. The second-order valence-corrected chi connectivity index (χ2v) is 7.56. The Hall–Kier alpha value is -3.28. The van der Waals surface area contributed by atoms with E-state index in [0.29, 0.717) is 24.4 Å². The van der Waals surface area contributed by atoms with Crippen LogP contribution in [-0.4, -0.2) is 36.1 Å². The molecule has 2 bridgehead atoms. The van der Waals surface area contributed by atoms with E-state index in [1.54, 1.807) is 42.4 Å². The van der Waals surface area contributed by atoms with Crippen molar-refractivity contribution in [1.82, 2.24) is 4.90 Å². The van der Waals surface area contributed by atoms with E-state index in [0.717, 1.165) is 11.3 Å². The van der Waals surface area contributed by atoms with Gasteiger partial charge < -0.3 is 19.7 Å². The molecule has 0 radical (unpaired) electrons. The number of fused-ring (bicyclic) bond motifs is 4. The van der Waals surface area contributed by atoms with Crippen LogP contribution in [0.3, 0.4) is 0 Å². The number of hydrogen-bond acceptors (Lipinski definition) is 4. The molecule has 2 heterocycles. The number of anilines is 1. The number of ether oxygens (including phenoxy) is 2. The predicted octanol–water partition coefficient (Wildman–Crippen LogP) is 3.56. The van der Waals surface area contributed by atoms with Gasteiger partial charge in [-0.15, -0.1) is 6.58 Å². The molecule has 0 aliphatic carbocycles. The monoisotopic (exact) mass is 392 g/mol. The molecule has 3 atom stereocenters. The number of methoxy groups -OCH3 is 1. The number of likely N-dealkylation sites (tertiary alicyclic amines) is 1. The Morgan fingerprint density at radius 2 is 2.03 bits per heavy atom. The Balaban J connectivity index is 1.70. The van der Waals surface area contributed by atoms with Gasteiger partial charge in [-0.3, -0.25) is 9.59 Å². The number of rotatable bonds is 5. The van der Waals surface area contributed by atoms with E-state index in [9.17, 15) is 9.59 Å². The normalized spacial score (nSPS) is 24.9. The van der Waals surface area contributed by atoms with Gasteiger partial charge in [0, 0.05) is 24.6 Å². The lowest BCUT2D eigenvalue weighted by Crippen LogP contribution is -2.64. The predicted molar refractivity (Wildman–Crippen MR) is 110 cm³/mol. The molecule has 1 fully saturated rings. The zero-order valence-corrected chi connectivity index (χ0v) is 16.6. The van der Waals surface area contributed by atoms with Crippen LogP contribution in [0.5, 0.6) is 11.5 Å². The number of piperidine rings is 1. The van der Waals surface area contributed by atoms with E-state index in [2.05, 4.69) is 11.9 Å². The Morgan fingerprint density at radius 1 is 1.31 bits per heavy atom. The van der Waals surface area contributed by atoms with Gasteiger partial charge in [0.05, 0.1) is 7.11 Å². The fourth-order valence-corrected chi connectivity index (χ4v) is 4.31. The Morgan fingerprint density at radius 3 is 2.72 bits per heavy atom. The van der Waals surface area contributed by atoms with E-state index in [-0.39, 0.29) is 17.7 Å². The summed E-state index contributed by atoms with van der Waals surface area (Å²) in [6, 6.07) is 14.7. The van der Waals surface area contributed by atoms with E-state index >= 15 is 0 Å². The third-order valence-corrected chi connectivity index (χ3v) is 5.70. The minimum absolute atomic E-state index is 0.246. The van der Waals surface area contributed by atoms with Gasteiger partial charge in [0.2, 0.25) is 11.8 Å². The Labute approximate surface area is 170 Å². The van der Waals surface area contributed by atoms with E-state index in [1.165, 1.54) is 0 Å². The average molecular weight is 392 g/mol. The molecule has 2 aliphatic rings. The number of carbonyl (C=O) groups is 2. The number of nitrogens with zero attached hydrogens (tertiary/aromatic N) is 1. The lowest BCUT2D eigenvalue weighted by molar-refractivity contribution is -0.173. The van der Waals surface area contributed by atoms with Gasteiger partial charge in [0.25, 0.3) is 0 Å². The van der Waals surface area contributed by atoms with Crippen molar-refractivity contribution in [3.8, 4) is 11.5 Å². The molecule has 0 spiro atoms. The quantitative estimate of drug-likeness (QED) is 0.624. The van der Waals surface area contributed by atoms with Crippen LogP contribution in [0, 0.1) is 5.92 Å². The standard InChI is InChI=1S/C23H24N2O4/c1-4-13-25-22(27)20(21(26)24-15-9-11-16(28-3)12-10-15)18-14-23(25,2)29-19-8-6-5-7-17(18)19/h4-12,18,20H,1,13-14H2,2-3H3,(H,24,26). The van der Waals surface area contributed by atoms with Crippen LogP contribution in [0.15, 0.2) is 61.2 Å². The number of para-hydroxylation sites is 1. The van der Waals surface area contributed by atoms with Gasteiger partial charge in [-0.1, -0.05) is 24.3 Å². The summed E-state index contributed by atoms with van der Waals surface area (Å²) in [4.78, 5) is 28.2. The molecule has 2 aromatic carbocycles. The minimum Gasteiger partial charge on any atom is -0.497 e. The van der Waals surface area contributed by atoms with Gasteiger partial charge in [-0.05, 0) is 42.8 Å². The maximum atomic E-state index is 13.4. The largest absolute Gasteiger partial charge is 0.497 e. The maximum Gasteiger partial charge on any atom is 0.239 e. The third-order valence-electron chi connectivity index (χ3n) is 5.70. The second-order valence-electron chi connectivity index (χ2n) is 7.56. The molecule has 2 amide bonds. The zero-order chi connectivity index (χ0) is 20.6. The SMILES string of the molecule is C=CCN1C(=O)C(C(=O)Nc2ccc(OC)cc2)C2CC1(C)Oc1ccccc12. The molecule has 3 unspecified atom stereocenters. The fourth-order valence-electron chi connectivity index (χ4n) is 4.31. The van der Waals surface area contributed by atoms with Crippen LogP contribution >= 0.6 is 0 Å². The summed E-state index contributed by atoms with van der Waals surface area (Å²) in [7, 11) is 1.59. The minimum atomic E-state index is -0.838. The number of carbonyl (C=O) groups excluding carboxylic acids is 2. The highest BCUT2D eigenvalue weighted by Gasteiger charge is 2.55. The van der Waals surface area contributed by atoms with Crippen molar-refractivity contribution in [2.45, 2.75) is 25.0 Å². The Kier molecular flexibility index (Phi) is 4.78. The molecule has 6 heteroatoms. The summed E-state index contributed by atoms with van der Waals surface area (Å²) in [5.41, 5.74) is 0.709. The van der Waals surface area contributed by atoms with Crippen molar-refractivity contribution in [2.75, 3.05) is 19.0 Å². The molecule has 1 N–H and O–H groups in total. The van der Waals surface area contributed by atoms with Crippen molar-refractivity contribution < 1.29 is 19.1 Å². The third kappa shape index (κ3) is 3.24. The number of nitrogens with one attached hydrogen (secondary N) is 1. The highest BCUT2D eigenvalue weighted by Crippen LogP contribution is 2.50. The molecule has 29 heavy (non-hydrogen) atoms. The smallest absolute Gasteiger partial charge is 0.239 e. The molecular formula is C23H24N2O4. The maximum absolute atomic E-state index is 13.4. The zero-order valence-electron chi connectivity index (χ0n) is 16.6. The Bertz CT molecular complexity index is 956. The first-order valence-corrected chi connectivity index (χ1v) is 9.62. The van der Waals surface area contributed by atoms with Crippen molar-refractivity contribution >= 4 is 17.5 Å². The van der Waals surface area contributed by atoms with E-state index in [1.807, 2.05) is 31.2 Å². The molecular weight excluding hydrogens is 368 g/mol. The lowest BCUT2D eigenvalue weighted by Gasteiger charge is -2.52. The van der Waals surface area contributed by atoms with Gasteiger partial charge in [0.1, 0.15) is 17.4 Å².